The molecule has 0 aliphatic carbocycles. The second-order valence-electron chi connectivity index (χ2n) is 7.41. The van der Waals surface area contributed by atoms with Crippen LogP contribution in [0.25, 0.3) is 11.5 Å². The first-order valence-electron chi connectivity index (χ1n) is 8.69. The monoisotopic (exact) mass is 428 g/mol. The fraction of sp³-hybridized carbons (Fsp3) is 0.471. The average molecular weight is 428 g/mol. The van der Waals surface area contributed by atoms with E-state index in [1.165, 1.54) is 11.0 Å². The quantitative estimate of drug-likeness (QED) is 0.781. The standard InChI is InChI=1S/C17H21FN4O6S/c1-17(2,3)27-16(23)22-6-7-26-9-12(22)14-20-15(28-21-14)10-4-5-13(11(18)8-10)29(19,24)25/h4-5,8,12H,6-7,9H2,1-3H3,(H2,19,24,25). The first kappa shape index (κ1) is 21.1. The second-order valence-corrected chi connectivity index (χ2v) is 8.94. The maximum atomic E-state index is 14.1. The smallest absolute Gasteiger partial charge is 0.411 e. The lowest BCUT2D eigenvalue weighted by atomic mass is 10.2. The number of sulfonamides is 1. The molecule has 1 amide bonds. The van der Waals surface area contributed by atoms with Crippen LogP contribution in [0.2, 0.25) is 0 Å². The number of nitrogens with two attached hydrogens (primary N) is 1. The highest BCUT2D eigenvalue weighted by molar-refractivity contribution is 7.89. The van der Waals surface area contributed by atoms with E-state index < -0.39 is 38.5 Å². The molecule has 2 heterocycles. The number of amides is 1. The van der Waals surface area contributed by atoms with Crippen LogP contribution in [0.1, 0.15) is 32.6 Å². The van der Waals surface area contributed by atoms with Crippen molar-refractivity contribution in [2.75, 3.05) is 19.8 Å². The molecule has 29 heavy (non-hydrogen) atoms. The summed E-state index contributed by atoms with van der Waals surface area (Å²) in [5, 5.41) is 8.82. The SMILES string of the molecule is CC(C)(C)OC(=O)N1CCOCC1c1noc(-c2ccc(S(N)(=O)=O)c(F)c2)n1. The van der Waals surface area contributed by atoms with Crippen LogP contribution in [0.3, 0.4) is 0 Å². The Hall–Kier alpha value is -2.57. The van der Waals surface area contributed by atoms with Crippen molar-refractivity contribution in [3.8, 4) is 11.5 Å². The lowest BCUT2D eigenvalue weighted by Gasteiger charge is -2.34. The first-order valence-corrected chi connectivity index (χ1v) is 10.2. The van der Waals surface area contributed by atoms with Gasteiger partial charge < -0.3 is 14.0 Å². The number of nitrogens with zero attached hydrogens (tertiary/aromatic N) is 3. The number of benzene rings is 1. The van der Waals surface area contributed by atoms with Crippen molar-refractivity contribution in [1.29, 1.82) is 0 Å². The lowest BCUT2D eigenvalue weighted by molar-refractivity contribution is -0.0354. The summed E-state index contributed by atoms with van der Waals surface area (Å²) in [6.45, 7) is 6.02. The van der Waals surface area contributed by atoms with Crippen LogP contribution < -0.4 is 5.14 Å². The third-order valence-electron chi connectivity index (χ3n) is 3.98. The van der Waals surface area contributed by atoms with Gasteiger partial charge in [-0.3, -0.25) is 4.90 Å². The summed E-state index contributed by atoms with van der Waals surface area (Å²) >= 11 is 0. The van der Waals surface area contributed by atoms with Gasteiger partial charge in [0.1, 0.15) is 22.4 Å². The van der Waals surface area contributed by atoms with Gasteiger partial charge in [0, 0.05) is 12.1 Å². The van der Waals surface area contributed by atoms with Gasteiger partial charge in [0.25, 0.3) is 5.89 Å². The molecule has 12 heteroatoms. The van der Waals surface area contributed by atoms with Crippen molar-refractivity contribution < 1.29 is 31.6 Å². The first-order chi connectivity index (χ1) is 13.5. The van der Waals surface area contributed by atoms with Crippen LogP contribution in [-0.2, 0) is 19.5 Å². The number of halogens is 1. The van der Waals surface area contributed by atoms with Crippen molar-refractivity contribution in [2.45, 2.75) is 37.3 Å². The predicted octanol–water partition coefficient (Wildman–Crippen LogP) is 1.83. The Morgan fingerprint density at radius 1 is 1.38 bits per heavy atom. The highest BCUT2D eigenvalue weighted by atomic mass is 32.2. The van der Waals surface area contributed by atoms with Crippen molar-refractivity contribution in [2.24, 2.45) is 5.14 Å². The van der Waals surface area contributed by atoms with E-state index in [1.807, 2.05) is 0 Å². The molecule has 0 bridgehead atoms. The molecule has 2 N–H and O–H groups in total. The minimum absolute atomic E-state index is 0.0467. The summed E-state index contributed by atoms with van der Waals surface area (Å²) in [6.07, 6.45) is -0.541. The zero-order valence-electron chi connectivity index (χ0n) is 16.1. The third kappa shape index (κ3) is 4.89. The van der Waals surface area contributed by atoms with Gasteiger partial charge in [-0.15, -0.1) is 0 Å². The Morgan fingerprint density at radius 2 is 2.10 bits per heavy atom. The average Bonchev–Trinajstić information content (AvgIpc) is 3.09. The topological polar surface area (TPSA) is 138 Å². The van der Waals surface area contributed by atoms with Gasteiger partial charge in [0.05, 0.1) is 13.2 Å². The third-order valence-corrected chi connectivity index (χ3v) is 4.93. The number of hydrogen-bond donors (Lipinski definition) is 1. The summed E-state index contributed by atoms with van der Waals surface area (Å²) in [4.78, 5) is 17.5. The van der Waals surface area contributed by atoms with Gasteiger partial charge >= 0.3 is 6.09 Å². The van der Waals surface area contributed by atoms with E-state index in [-0.39, 0.29) is 30.4 Å². The van der Waals surface area contributed by atoms with Crippen molar-refractivity contribution in [1.82, 2.24) is 15.0 Å². The summed E-state index contributed by atoms with van der Waals surface area (Å²) in [5.41, 5.74) is -0.514. The van der Waals surface area contributed by atoms with Crippen molar-refractivity contribution in [3.63, 3.8) is 0 Å². The Bertz CT molecular complexity index is 1020. The van der Waals surface area contributed by atoms with Crippen LogP contribution >= 0.6 is 0 Å². The minimum atomic E-state index is -4.19. The number of primary sulfonamides is 1. The largest absolute Gasteiger partial charge is 0.444 e. The zero-order chi connectivity index (χ0) is 21.4. The van der Waals surface area contributed by atoms with Gasteiger partial charge in [-0.05, 0) is 39.0 Å². The van der Waals surface area contributed by atoms with E-state index in [9.17, 15) is 17.6 Å². The molecule has 1 aliphatic rings. The number of ether oxygens (including phenoxy) is 2. The van der Waals surface area contributed by atoms with Gasteiger partial charge in [-0.25, -0.2) is 22.7 Å². The van der Waals surface area contributed by atoms with Crippen LogP contribution in [0.15, 0.2) is 27.6 Å². The predicted molar refractivity (Wildman–Crippen MR) is 97.6 cm³/mol. The molecule has 1 atom stereocenters. The van der Waals surface area contributed by atoms with Crippen molar-refractivity contribution in [3.05, 3.63) is 29.8 Å². The fourth-order valence-corrected chi connectivity index (χ4v) is 3.30. The molecule has 3 rings (SSSR count). The molecule has 1 unspecified atom stereocenters. The molecule has 1 aliphatic heterocycles. The van der Waals surface area contributed by atoms with Crippen LogP contribution in [0, 0.1) is 5.82 Å². The molecular formula is C17H21FN4O6S. The molecule has 10 nitrogen and oxygen atoms in total. The number of carbonyl (C=O) groups excluding carboxylic acids is 1. The molecule has 1 saturated heterocycles. The maximum Gasteiger partial charge on any atom is 0.411 e. The summed E-state index contributed by atoms with van der Waals surface area (Å²) < 4.78 is 52.7. The molecule has 158 valence electrons. The van der Waals surface area contributed by atoms with E-state index in [0.717, 1.165) is 12.1 Å². The number of aromatic nitrogens is 2. The molecule has 0 spiro atoms. The highest BCUT2D eigenvalue weighted by Gasteiger charge is 2.35. The lowest BCUT2D eigenvalue weighted by Crippen LogP contribution is -2.46. The van der Waals surface area contributed by atoms with Gasteiger partial charge in [-0.1, -0.05) is 5.16 Å². The molecule has 1 aromatic heterocycles. The van der Waals surface area contributed by atoms with E-state index in [2.05, 4.69) is 10.1 Å². The van der Waals surface area contributed by atoms with E-state index in [0.29, 0.717) is 6.61 Å². The van der Waals surface area contributed by atoms with E-state index in [1.54, 1.807) is 20.8 Å². The molecule has 1 fully saturated rings. The Kier molecular flexibility index (Phi) is 5.61. The van der Waals surface area contributed by atoms with Gasteiger partial charge in [0.15, 0.2) is 5.82 Å². The molecule has 2 aromatic rings. The Morgan fingerprint density at radius 3 is 2.72 bits per heavy atom. The Balaban J connectivity index is 1.86. The molecule has 0 saturated carbocycles. The van der Waals surface area contributed by atoms with Gasteiger partial charge in [-0.2, -0.15) is 4.98 Å². The number of rotatable bonds is 3. The van der Waals surface area contributed by atoms with Gasteiger partial charge in [0.2, 0.25) is 10.0 Å². The number of carbonyl (C=O) groups is 1. The number of hydrogen-bond acceptors (Lipinski definition) is 8. The number of morpholine rings is 1. The second kappa shape index (κ2) is 7.69. The van der Waals surface area contributed by atoms with Crippen LogP contribution in [0.5, 0.6) is 0 Å². The maximum absolute atomic E-state index is 14.1. The summed E-state index contributed by atoms with van der Waals surface area (Å²) in [7, 11) is -4.19. The normalized spacial score (nSPS) is 18.0. The van der Waals surface area contributed by atoms with Crippen molar-refractivity contribution >= 4 is 16.1 Å². The zero-order valence-corrected chi connectivity index (χ0v) is 16.9. The fourth-order valence-electron chi connectivity index (χ4n) is 2.71. The van der Waals surface area contributed by atoms with Crippen LogP contribution in [-0.4, -0.2) is 54.9 Å². The summed E-state index contributed by atoms with van der Waals surface area (Å²) in [6, 6.07) is 2.59. The minimum Gasteiger partial charge on any atom is -0.444 e. The molecule has 0 radical (unpaired) electrons. The van der Waals surface area contributed by atoms with E-state index >= 15 is 0 Å². The highest BCUT2D eigenvalue weighted by Crippen LogP contribution is 2.28. The Labute approximate surface area is 166 Å². The molecular weight excluding hydrogens is 407 g/mol. The molecule has 1 aromatic carbocycles. The van der Waals surface area contributed by atoms with Crippen LogP contribution in [0.4, 0.5) is 9.18 Å². The summed E-state index contributed by atoms with van der Waals surface area (Å²) in [5.74, 6) is -0.933. The van der Waals surface area contributed by atoms with E-state index in [4.69, 9.17) is 19.1 Å².